The summed E-state index contributed by atoms with van der Waals surface area (Å²) < 4.78 is 0. The zero-order valence-electron chi connectivity index (χ0n) is 9.53. The summed E-state index contributed by atoms with van der Waals surface area (Å²) in [6, 6.07) is 3.34. The van der Waals surface area contributed by atoms with Crippen LogP contribution in [0, 0.1) is 11.3 Å². The number of likely N-dealkylation sites (N-methyl/N-ethyl adjacent to an activating group) is 1. The first-order chi connectivity index (χ1) is 6.69. The van der Waals surface area contributed by atoms with E-state index >= 15 is 0 Å². The van der Waals surface area contributed by atoms with E-state index in [9.17, 15) is 0 Å². The molecule has 1 rings (SSSR count). The molecule has 0 spiro atoms. The third-order valence-corrected chi connectivity index (χ3v) is 3.15. The molecule has 0 aliphatic carbocycles. The summed E-state index contributed by atoms with van der Waals surface area (Å²) in [6.45, 7) is 7.80. The van der Waals surface area contributed by atoms with Gasteiger partial charge >= 0.3 is 0 Å². The van der Waals surface area contributed by atoms with Crippen LogP contribution in [0.2, 0.25) is 0 Å². The molecule has 80 valence electrons. The summed E-state index contributed by atoms with van der Waals surface area (Å²) in [5, 5.41) is 8.75. The van der Waals surface area contributed by atoms with E-state index in [0.29, 0.717) is 18.5 Å². The van der Waals surface area contributed by atoms with Crippen LogP contribution in [0.3, 0.4) is 0 Å². The van der Waals surface area contributed by atoms with Gasteiger partial charge in [0.2, 0.25) is 0 Å². The molecule has 1 heterocycles. The second-order valence-corrected chi connectivity index (χ2v) is 4.27. The summed E-state index contributed by atoms with van der Waals surface area (Å²) in [6.07, 6.45) is 1.76. The van der Waals surface area contributed by atoms with Crippen LogP contribution in [-0.4, -0.2) is 48.6 Å². The molecule has 0 aromatic carbocycles. The lowest BCUT2D eigenvalue weighted by Crippen LogP contribution is -2.54. The van der Waals surface area contributed by atoms with Crippen LogP contribution in [0.25, 0.3) is 0 Å². The van der Waals surface area contributed by atoms with Crippen LogP contribution >= 0.6 is 0 Å². The van der Waals surface area contributed by atoms with Gasteiger partial charge in [-0.3, -0.25) is 4.90 Å². The predicted molar refractivity (Wildman–Crippen MR) is 58.0 cm³/mol. The van der Waals surface area contributed by atoms with Crippen molar-refractivity contribution >= 4 is 0 Å². The van der Waals surface area contributed by atoms with Crippen molar-refractivity contribution in [3.8, 4) is 6.07 Å². The molecule has 1 fully saturated rings. The minimum atomic E-state index is 0.462. The number of rotatable bonds is 3. The van der Waals surface area contributed by atoms with Crippen molar-refractivity contribution in [2.45, 2.75) is 38.8 Å². The topological polar surface area (TPSA) is 30.3 Å². The van der Waals surface area contributed by atoms with Gasteiger partial charge in [-0.05, 0) is 20.4 Å². The van der Waals surface area contributed by atoms with Crippen molar-refractivity contribution in [1.29, 1.82) is 5.26 Å². The molecule has 1 aliphatic rings. The molecular formula is C11H21N3. The Balaban J connectivity index is 2.53. The molecule has 2 unspecified atom stereocenters. The largest absolute Gasteiger partial charge is 0.304 e. The Morgan fingerprint density at radius 2 is 2.21 bits per heavy atom. The van der Waals surface area contributed by atoms with Crippen LogP contribution in [0.5, 0.6) is 0 Å². The summed E-state index contributed by atoms with van der Waals surface area (Å²) >= 11 is 0. The van der Waals surface area contributed by atoms with E-state index in [-0.39, 0.29) is 0 Å². The van der Waals surface area contributed by atoms with Gasteiger partial charge in [0.25, 0.3) is 0 Å². The lowest BCUT2D eigenvalue weighted by Gasteiger charge is -2.42. The molecule has 0 amide bonds. The Hall–Kier alpha value is -0.590. The third kappa shape index (κ3) is 2.70. The van der Waals surface area contributed by atoms with Crippen LogP contribution in [-0.2, 0) is 0 Å². The molecule has 2 atom stereocenters. The lowest BCUT2D eigenvalue weighted by molar-refractivity contribution is 0.0609. The first-order valence-corrected chi connectivity index (χ1v) is 5.50. The Kier molecular flexibility index (Phi) is 4.37. The molecule has 14 heavy (non-hydrogen) atoms. The average Bonchev–Trinajstić information content (AvgIpc) is 2.15. The number of nitrogens with zero attached hydrogens (tertiary/aromatic N) is 3. The first-order valence-electron chi connectivity index (χ1n) is 5.50. The van der Waals surface area contributed by atoms with E-state index in [4.69, 9.17) is 5.26 Å². The molecule has 0 aromatic rings. The van der Waals surface area contributed by atoms with Gasteiger partial charge in [-0.15, -0.1) is 0 Å². The van der Waals surface area contributed by atoms with Crippen molar-refractivity contribution in [3.63, 3.8) is 0 Å². The fraction of sp³-hybridized carbons (Fsp3) is 0.909. The standard InChI is InChI=1S/C11H21N3/c1-4-11(5-6-12)14-8-7-13(3)9-10(14)2/h10-11H,4-5,7-9H2,1-3H3. The highest BCUT2D eigenvalue weighted by Gasteiger charge is 2.26. The predicted octanol–water partition coefficient (Wildman–Crippen LogP) is 1.31. The van der Waals surface area contributed by atoms with Crippen LogP contribution < -0.4 is 0 Å². The molecule has 3 heteroatoms. The molecule has 0 saturated carbocycles. The van der Waals surface area contributed by atoms with Gasteiger partial charge in [0.1, 0.15) is 0 Å². The second kappa shape index (κ2) is 5.33. The SMILES string of the molecule is CCC(CC#N)N1CCN(C)CC1C. The van der Waals surface area contributed by atoms with E-state index in [0.717, 1.165) is 26.1 Å². The third-order valence-electron chi connectivity index (χ3n) is 3.15. The van der Waals surface area contributed by atoms with Gasteiger partial charge in [-0.25, -0.2) is 0 Å². The molecule has 1 aliphatic heterocycles. The number of hydrogen-bond acceptors (Lipinski definition) is 3. The molecule has 3 nitrogen and oxygen atoms in total. The van der Waals surface area contributed by atoms with Crippen molar-refractivity contribution in [3.05, 3.63) is 0 Å². The zero-order valence-corrected chi connectivity index (χ0v) is 9.53. The summed E-state index contributed by atoms with van der Waals surface area (Å²) in [5.74, 6) is 0. The van der Waals surface area contributed by atoms with Gasteiger partial charge in [0.05, 0.1) is 12.5 Å². The fourth-order valence-electron chi connectivity index (χ4n) is 2.30. The minimum absolute atomic E-state index is 0.462. The van der Waals surface area contributed by atoms with E-state index in [1.807, 2.05) is 0 Å². The van der Waals surface area contributed by atoms with E-state index in [1.165, 1.54) is 0 Å². The van der Waals surface area contributed by atoms with Gasteiger partial charge in [-0.2, -0.15) is 5.26 Å². The maximum atomic E-state index is 8.75. The molecule has 0 bridgehead atoms. The Morgan fingerprint density at radius 1 is 1.50 bits per heavy atom. The summed E-state index contributed by atoms with van der Waals surface area (Å²) in [4.78, 5) is 4.85. The highest BCUT2D eigenvalue weighted by Crippen LogP contribution is 2.16. The Bertz CT molecular complexity index is 209. The second-order valence-electron chi connectivity index (χ2n) is 4.27. The van der Waals surface area contributed by atoms with Crippen LogP contribution in [0.4, 0.5) is 0 Å². The highest BCUT2D eigenvalue weighted by atomic mass is 15.3. The quantitative estimate of drug-likeness (QED) is 0.680. The van der Waals surface area contributed by atoms with Crippen molar-refractivity contribution in [2.24, 2.45) is 0 Å². The molecule has 0 radical (unpaired) electrons. The zero-order chi connectivity index (χ0) is 10.6. The number of nitriles is 1. The van der Waals surface area contributed by atoms with Crippen LogP contribution in [0.1, 0.15) is 26.7 Å². The maximum Gasteiger partial charge on any atom is 0.0638 e. The molecule has 0 aromatic heterocycles. The van der Waals surface area contributed by atoms with Crippen molar-refractivity contribution in [2.75, 3.05) is 26.7 Å². The molecular weight excluding hydrogens is 174 g/mol. The van der Waals surface area contributed by atoms with Crippen molar-refractivity contribution in [1.82, 2.24) is 9.80 Å². The molecule has 1 saturated heterocycles. The fourth-order valence-corrected chi connectivity index (χ4v) is 2.30. The average molecular weight is 195 g/mol. The van der Waals surface area contributed by atoms with Gasteiger partial charge in [-0.1, -0.05) is 6.92 Å². The van der Waals surface area contributed by atoms with Crippen molar-refractivity contribution < 1.29 is 0 Å². The van der Waals surface area contributed by atoms with E-state index in [1.54, 1.807) is 0 Å². The number of hydrogen-bond donors (Lipinski definition) is 0. The normalized spacial score (nSPS) is 27.1. The van der Waals surface area contributed by atoms with Gasteiger partial charge in [0, 0.05) is 31.7 Å². The molecule has 0 N–H and O–H groups in total. The maximum absolute atomic E-state index is 8.75. The smallest absolute Gasteiger partial charge is 0.0638 e. The highest BCUT2D eigenvalue weighted by molar-refractivity contribution is 4.87. The Labute approximate surface area is 87.3 Å². The lowest BCUT2D eigenvalue weighted by atomic mass is 10.1. The number of piperazine rings is 1. The van der Waals surface area contributed by atoms with Crippen LogP contribution in [0.15, 0.2) is 0 Å². The van der Waals surface area contributed by atoms with Gasteiger partial charge < -0.3 is 4.90 Å². The van der Waals surface area contributed by atoms with E-state index < -0.39 is 0 Å². The monoisotopic (exact) mass is 195 g/mol. The van der Waals surface area contributed by atoms with Gasteiger partial charge in [0.15, 0.2) is 0 Å². The minimum Gasteiger partial charge on any atom is -0.304 e. The summed E-state index contributed by atoms with van der Waals surface area (Å²) in [5.41, 5.74) is 0. The first kappa shape index (κ1) is 11.5. The summed E-state index contributed by atoms with van der Waals surface area (Å²) in [7, 11) is 2.17. The Morgan fingerprint density at radius 3 is 2.71 bits per heavy atom. The van der Waals surface area contributed by atoms with E-state index in [2.05, 4.69) is 36.8 Å².